The first kappa shape index (κ1) is 28.8. The molecule has 0 saturated heterocycles. The zero-order valence-corrected chi connectivity index (χ0v) is 25.2. The van der Waals surface area contributed by atoms with Crippen molar-refractivity contribution >= 4 is 57.3 Å². The van der Waals surface area contributed by atoms with Crippen molar-refractivity contribution in [3.8, 4) is 45.3 Å². The molecule has 208 valence electrons. The number of amides is 1. The molecular weight excluding hydrogens is 601 g/mol. The topological polar surface area (TPSA) is 99.1 Å². The summed E-state index contributed by atoms with van der Waals surface area (Å²) in [6.45, 7) is 1.78. The highest BCUT2D eigenvalue weighted by molar-refractivity contribution is 8.00. The Morgan fingerprint density at radius 1 is 0.878 bits per heavy atom. The maximum absolute atomic E-state index is 13.0. The van der Waals surface area contributed by atoms with Crippen LogP contribution in [0.1, 0.15) is 6.92 Å². The molecule has 0 fully saturated rings. The lowest BCUT2D eigenvalue weighted by molar-refractivity contribution is -0.115. The number of rotatable bonds is 9. The van der Waals surface area contributed by atoms with Gasteiger partial charge in [0.05, 0.1) is 30.2 Å². The number of benzene rings is 3. The van der Waals surface area contributed by atoms with Crippen LogP contribution in [0.3, 0.4) is 0 Å². The second kappa shape index (κ2) is 12.9. The first-order valence-corrected chi connectivity index (χ1v) is 14.8. The van der Waals surface area contributed by atoms with E-state index in [-0.39, 0.29) is 5.91 Å². The number of carbonyl (C=O) groups excluding carboxylic acids is 1. The van der Waals surface area contributed by atoms with E-state index in [1.54, 1.807) is 39.3 Å². The van der Waals surface area contributed by atoms with E-state index in [1.165, 1.54) is 23.1 Å². The van der Waals surface area contributed by atoms with E-state index in [0.29, 0.717) is 37.4 Å². The molecule has 5 aromatic rings. The predicted octanol–water partition coefficient (Wildman–Crippen LogP) is 7.77. The fourth-order valence-electron chi connectivity index (χ4n) is 3.83. The molecule has 41 heavy (non-hydrogen) atoms. The van der Waals surface area contributed by atoms with E-state index in [1.807, 2.05) is 53.9 Å². The lowest BCUT2D eigenvalue weighted by Crippen LogP contribution is -2.22. The summed E-state index contributed by atoms with van der Waals surface area (Å²) < 4.78 is 10.6. The van der Waals surface area contributed by atoms with E-state index in [0.717, 1.165) is 28.2 Å². The van der Waals surface area contributed by atoms with Crippen molar-refractivity contribution in [1.29, 1.82) is 0 Å². The van der Waals surface area contributed by atoms with Gasteiger partial charge in [-0.25, -0.2) is 9.97 Å². The Morgan fingerprint density at radius 2 is 1.51 bits per heavy atom. The Balaban J connectivity index is 1.36. The number of thioether (sulfide) groups is 1. The molecule has 1 N–H and O–H groups in total. The van der Waals surface area contributed by atoms with Crippen LogP contribution < -0.4 is 14.8 Å². The van der Waals surface area contributed by atoms with Gasteiger partial charge in [-0.05, 0) is 73.7 Å². The highest BCUT2D eigenvalue weighted by Gasteiger charge is 2.21. The average molecular weight is 625 g/mol. The van der Waals surface area contributed by atoms with Crippen molar-refractivity contribution in [2.24, 2.45) is 0 Å². The summed E-state index contributed by atoms with van der Waals surface area (Å²) in [5.41, 5.74) is 4.29. The van der Waals surface area contributed by atoms with E-state index >= 15 is 0 Å². The smallest absolute Gasteiger partial charge is 0.239 e. The van der Waals surface area contributed by atoms with Gasteiger partial charge in [0.1, 0.15) is 22.9 Å². The molecular formula is C29H23Cl2N5O3S2. The third-order valence-electron chi connectivity index (χ3n) is 5.99. The largest absolute Gasteiger partial charge is 0.497 e. The van der Waals surface area contributed by atoms with Crippen molar-refractivity contribution in [1.82, 2.24) is 20.2 Å². The van der Waals surface area contributed by atoms with Gasteiger partial charge in [0, 0.05) is 27.1 Å². The molecule has 3 aromatic carbocycles. The van der Waals surface area contributed by atoms with Crippen molar-refractivity contribution in [3.63, 3.8) is 0 Å². The molecule has 2 heterocycles. The molecule has 0 bridgehead atoms. The monoisotopic (exact) mass is 623 g/mol. The van der Waals surface area contributed by atoms with Crippen LogP contribution in [0.5, 0.6) is 11.5 Å². The molecule has 12 heteroatoms. The molecule has 0 aliphatic rings. The molecule has 1 amide bonds. The Morgan fingerprint density at radius 3 is 2.12 bits per heavy atom. The highest BCUT2D eigenvalue weighted by atomic mass is 35.5. The Kier molecular flexibility index (Phi) is 9.04. The summed E-state index contributed by atoms with van der Waals surface area (Å²) in [5, 5.41) is 14.8. The fourth-order valence-corrected chi connectivity index (χ4v) is 5.76. The molecule has 1 unspecified atom stereocenters. The number of hydrogen-bond acceptors (Lipinski definition) is 9. The molecule has 0 spiro atoms. The van der Waals surface area contributed by atoms with Gasteiger partial charge in [0.15, 0.2) is 5.13 Å². The molecule has 0 aliphatic carbocycles. The second-order valence-corrected chi connectivity index (χ2v) is 11.7. The zero-order chi connectivity index (χ0) is 28.9. The van der Waals surface area contributed by atoms with Crippen LogP contribution in [0.2, 0.25) is 10.0 Å². The number of hydrogen-bond donors (Lipinski definition) is 1. The van der Waals surface area contributed by atoms with Gasteiger partial charge in [-0.1, -0.05) is 35.0 Å². The number of aromatic nitrogens is 4. The summed E-state index contributed by atoms with van der Waals surface area (Å²) >= 11 is 14.8. The lowest BCUT2D eigenvalue weighted by atomic mass is 10.0. The molecule has 8 nitrogen and oxygen atoms in total. The maximum atomic E-state index is 13.0. The molecule has 5 rings (SSSR count). The van der Waals surface area contributed by atoms with Gasteiger partial charge in [-0.3, -0.25) is 4.79 Å². The highest BCUT2D eigenvalue weighted by Crippen LogP contribution is 2.34. The first-order valence-electron chi connectivity index (χ1n) is 12.3. The van der Waals surface area contributed by atoms with Crippen molar-refractivity contribution < 1.29 is 14.3 Å². The summed E-state index contributed by atoms with van der Waals surface area (Å²) in [7, 11) is 3.23. The van der Waals surface area contributed by atoms with Crippen LogP contribution in [0, 0.1) is 0 Å². The summed E-state index contributed by atoms with van der Waals surface area (Å²) in [6.07, 6.45) is 0. The number of halogens is 2. The standard InChI is InChI=1S/C29H23Cl2N5O3S2/c1-16(27(37)34-28-32-24(15-40-28)22-13-8-19(30)14-23(22)31)41-29-33-25(17-4-9-20(38-2)10-5-17)26(35-36-29)18-6-11-21(39-3)12-7-18/h4-16H,1-3H3,(H,32,34,37). The number of ether oxygens (including phenoxy) is 2. The fraction of sp³-hybridized carbons (Fsp3) is 0.138. The minimum Gasteiger partial charge on any atom is -0.497 e. The number of methoxy groups -OCH3 is 2. The van der Waals surface area contributed by atoms with Crippen molar-refractivity contribution in [2.45, 2.75) is 17.3 Å². The normalized spacial score (nSPS) is 11.6. The second-order valence-electron chi connectivity index (χ2n) is 8.66. The number of carbonyl (C=O) groups is 1. The number of nitrogens with zero attached hydrogens (tertiary/aromatic N) is 4. The van der Waals surface area contributed by atoms with E-state index in [4.69, 9.17) is 37.7 Å². The summed E-state index contributed by atoms with van der Waals surface area (Å²) in [4.78, 5) is 22.4. The van der Waals surface area contributed by atoms with Crippen LogP contribution in [-0.2, 0) is 4.79 Å². The summed E-state index contributed by atoms with van der Waals surface area (Å²) in [5.74, 6) is 1.22. The maximum Gasteiger partial charge on any atom is 0.239 e. The predicted molar refractivity (Wildman–Crippen MR) is 165 cm³/mol. The van der Waals surface area contributed by atoms with Crippen LogP contribution in [0.4, 0.5) is 5.13 Å². The van der Waals surface area contributed by atoms with Gasteiger partial charge in [0.25, 0.3) is 0 Å². The minimum absolute atomic E-state index is 0.244. The quantitative estimate of drug-likeness (QED) is 0.166. The molecule has 0 saturated carbocycles. The van der Waals surface area contributed by atoms with E-state index in [9.17, 15) is 4.79 Å². The molecule has 2 aromatic heterocycles. The molecule has 0 aliphatic heterocycles. The van der Waals surface area contributed by atoms with Gasteiger partial charge in [0.2, 0.25) is 11.1 Å². The van der Waals surface area contributed by atoms with E-state index in [2.05, 4.69) is 20.5 Å². The third kappa shape index (κ3) is 6.79. The van der Waals surface area contributed by atoms with Gasteiger partial charge >= 0.3 is 0 Å². The van der Waals surface area contributed by atoms with Crippen LogP contribution in [0.25, 0.3) is 33.8 Å². The third-order valence-corrected chi connectivity index (χ3v) is 8.24. The Bertz CT molecular complexity index is 1680. The van der Waals surface area contributed by atoms with Crippen LogP contribution in [0.15, 0.2) is 77.3 Å². The summed E-state index contributed by atoms with van der Waals surface area (Å²) in [6, 6.07) is 20.2. The number of thiazole rings is 1. The van der Waals surface area contributed by atoms with Crippen LogP contribution >= 0.6 is 46.3 Å². The SMILES string of the molecule is COc1ccc(-c2nnc(SC(C)C(=O)Nc3nc(-c4ccc(Cl)cc4Cl)cs3)nc2-c2ccc(OC)cc2)cc1. The van der Waals surface area contributed by atoms with Gasteiger partial charge in [-0.2, -0.15) is 0 Å². The Labute approximate surface area is 255 Å². The number of anilines is 1. The minimum atomic E-state index is -0.529. The van der Waals surface area contributed by atoms with E-state index < -0.39 is 5.25 Å². The van der Waals surface area contributed by atoms with Crippen molar-refractivity contribution in [2.75, 3.05) is 19.5 Å². The lowest BCUT2D eigenvalue weighted by Gasteiger charge is -2.13. The van der Waals surface area contributed by atoms with Gasteiger partial charge in [-0.15, -0.1) is 21.5 Å². The zero-order valence-electron chi connectivity index (χ0n) is 22.1. The van der Waals surface area contributed by atoms with Crippen LogP contribution in [-0.4, -0.2) is 45.5 Å². The molecule has 1 atom stereocenters. The Hall–Kier alpha value is -3.70. The van der Waals surface area contributed by atoms with Crippen molar-refractivity contribution in [3.05, 3.63) is 82.2 Å². The van der Waals surface area contributed by atoms with Gasteiger partial charge < -0.3 is 14.8 Å². The average Bonchev–Trinajstić information content (AvgIpc) is 3.45. The molecule has 0 radical (unpaired) electrons. The first-order chi connectivity index (χ1) is 19.8. The number of nitrogens with one attached hydrogen (secondary N) is 1.